The van der Waals surface area contributed by atoms with Gasteiger partial charge in [0.25, 0.3) is 11.8 Å². The van der Waals surface area contributed by atoms with E-state index in [2.05, 4.69) is 5.32 Å². The molecule has 5 nitrogen and oxygen atoms in total. The Hall–Kier alpha value is -3.03. The van der Waals surface area contributed by atoms with Crippen molar-refractivity contribution in [3.63, 3.8) is 0 Å². The zero-order valence-electron chi connectivity index (χ0n) is 16.5. The van der Waals surface area contributed by atoms with E-state index in [1.165, 1.54) is 12.1 Å². The molecule has 1 atom stereocenters. The van der Waals surface area contributed by atoms with Crippen molar-refractivity contribution in [2.75, 3.05) is 23.8 Å². The molecule has 2 heterocycles. The van der Waals surface area contributed by atoms with E-state index in [4.69, 9.17) is 0 Å². The Balaban J connectivity index is 1.57. The summed E-state index contributed by atoms with van der Waals surface area (Å²) in [5.74, 6) is -0.466. The van der Waals surface area contributed by atoms with Crippen LogP contribution in [-0.2, 0) is 6.18 Å². The fourth-order valence-electron chi connectivity index (χ4n) is 4.14. The number of nitrogens with one attached hydrogen (secondary N) is 1. The quantitative estimate of drug-likeness (QED) is 0.767. The molecule has 2 aliphatic heterocycles. The first-order valence-electron chi connectivity index (χ1n) is 9.92. The van der Waals surface area contributed by atoms with E-state index in [1.807, 2.05) is 16.8 Å². The van der Waals surface area contributed by atoms with E-state index in [9.17, 15) is 22.8 Å². The maximum absolute atomic E-state index is 12.9. The van der Waals surface area contributed by atoms with E-state index in [1.54, 1.807) is 18.2 Å². The second-order valence-corrected chi connectivity index (χ2v) is 7.70. The number of hydrogen-bond donors (Lipinski definition) is 1. The molecule has 2 amide bonds. The van der Waals surface area contributed by atoms with Gasteiger partial charge in [0, 0.05) is 24.8 Å². The summed E-state index contributed by atoms with van der Waals surface area (Å²) < 4.78 is 38.1. The zero-order valence-corrected chi connectivity index (χ0v) is 16.5. The number of hydrogen-bond acceptors (Lipinski definition) is 3. The van der Waals surface area contributed by atoms with Crippen LogP contribution in [0.2, 0.25) is 0 Å². The van der Waals surface area contributed by atoms with Crippen LogP contribution >= 0.6 is 0 Å². The molecule has 0 radical (unpaired) electrons. The largest absolute Gasteiger partial charge is 0.416 e. The molecule has 158 valence electrons. The van der Waals surface area contributed by atoms with Crippen molar-refractivity contribution in [3.05, 3.63) is 59.2 Å². The van der Waals surface area contributed by atoms with Crippen LogP contribution in [-0.4, -0.2) is 36.5 Å². The summed E-state index contributed by atoms with van der Waals surface area (Å²) in [5.41, 5.74) is 1.09. The molecule has 1 unspecified atom stereocenters. The maximum Gasteiger partial charge on any atom is 0.416 e. The number of anilines is 2. The number of rotatable bonds is 2. The number of carbonyl (C=O) groups is 2. The summed E-state index contributed by atoms with van der Waals surface area (Å²) in [5, 5.41) is 2.62. The lowest BCUT2D eigenvalue weighted by atomic mass is 10.0. The van der Waals surface area contributed by atoms with Crippen LogP contribution in [0, 0.1) is 0 Å². The van der Waals surface area contributed by atoms with Gasteiger partial charge in [0.2, 0.25) is 0 Å². The molecule has 2 aliphatic rings. The molecule has 1 saturated heterocycles. The maximum atomic E-state index is 12.9. The summed E-state index contributed by atoms with van der Waals surface area (Å²) >= 11 is 0. The molecule has 1 fully saturated rings. The first kappa shape index (κ1) is 20.3. The van der Waals surface area contributed by atoms with Gasteiger partial charge < -0.3 is 15.1 Å². The van der Waals surface area contributed by atoms with Crippen molar-refractivity contribution in [1.29, 1.82) is 0 Å². The average Bonchev–Trinajstić information content (AvgIpc) is 2.98. The van der Waals surface area contributed by atoms with E-state index in [0.29, 0.717) is 16.8 Å². The van der Waals surface area contributed by atoms with Gasteiger partial charge in [-0.05, 0) is 61.7 Å². The molecule has 2 aromatic carbocycles. The van der Waals surface area contributed by atoms with E-state index < -0.39 is 17.6 Å². The van der Waals surface area contributed by atoms with Crippen LogP contribution < -0.4 is 10.2 Å². The van der Waals surface area contributed by atoms with Gasteiger partial charge in [-0.15, -0.1) is 0 Å². The molecule has 1 N–H and O–H groups in total. The van der Waals surface area contributed by atoms with Gasteiger partial charge >= 0.3 is 6.18 Å². The SMILES string of the molecule is CN1c2cc(C(=O)Nc3ccc(C(F)(F)F)cc3)ccc2C(=O)N2CCCCCC21. The van der Waals surface area contributed by atoms with Gasteiger partial charge in [0.15, 0.2) is 0 Å². The van der Waals surface area contributed by atoms with E-state index in [-0.39, 0.29) is 17.8 Å². The number of benzene rings is 2. The predicted octanol–water partition coefficient (Wildman–Crippen LogP) is 4.75. The molecular weight excluding hydrogens is 395 g/mol. The molecular formula is C22H22F3N3O2. The number of carbonyl (C=O) groups excluding carboxylic acids is 2. The van der Waals surface area contributed by atoms with Crippen LogP contribution in [0.3, 0.4) is 0 Å². The van der Waals surface area contributed by atoms with Crippen molar-refractivity contribution < 1.29 is 22.8 Å². The van der Waals surface area contributed by atoms with Crippen LogP contribution in [0.5, 0.6) is 0 Å². The lowest BCUT2D eigenvalue weighted by Gasteiger charge is -2.43. The smallest absolute Gasteiger partial charge is 0.354 e. The van der Waals surface area contributed by atoms with Crippen molar-refractivity contribution >= 4 is 23.2 Å². The minimum Gasteiger partial charge on any atom is -0.354 e. The summed E-state index contributed by atoms with van der Waals surface area (Å²) in [7, 11) is 1.92. The highest BCUT2D eigenvalue weighted by Gasteiger charge is 2.36. The van der Waals surface area contributed by atoms with Crippen molar-refractivity contribution in [3.8, 4) is 0 Å². The number of fused-ring (bicyclic) bond motifs is 2. The normalized spacial score (nSPS) is 19.1. The number of halogens is 3. The van der Waals surface area contributed by atoms with E-state index >= 15 is 0 Å². The van der Waals surface area contributed by atoms with Gasteiger partial charge in [-0.1, -0.05) is 6.42 Å². The van der Waals surface area contributed by atoms with Crippen LogP contribution in [0.25, 0.3) is 0 Å². The fraction of sp³-hybridized carbons (Fsp3) is 0.364. The Bertz CT molecular complexity index is 973. The highest BCUT2D eigenvalue weighted by Crippen LogP contribution is 2.35. The van der Waals surface area contributed by atoms with Crippen molar-refractivity contribution in [2.24, 2.45) is 0 Å². The Labute approximate surface area is 172 Å². The highest BCUT2D eigenvalue weighted by molar-refractivity contribution is 6.08. The van der Waals surface area contributed by atoms with Crippen LogP contribution in [0.1, 0.15) is 52.0 Å². The molecule has 0 bridgehead atoms. The predicted molar refractivity (Wildman–Crippen MR) is 108 cm³/mol. The third-order valence-electron chi connectivity index (χ3n) is 5.77. The molecule has 4 rings (SSSR count). The highest BCUT2D eigenvalue weighted by atomic mass is 19.4. The number of alkyl halides is 3. The fourth-order valence-corrected chi connectivity index (χ4v) is 4.14. The second kappa shape index (κ2) is 7.66. The van der Waals surface area contributed by atoms with Gasteiger partial charge in [0.05, 0.1) is 16.8 Å². The van der Waals surface area contributed by atoms with Gasteiger partial charge in [-0.25, -0.2) is 0 Å². The monoisotopic (exact) mass is 417 g/mol. The molecule has 0 saturated carbocycles. The zero-order chi connectivity index (χ0) is 21.5. The second-order valence-electron chi connectivity index (χ2n) is 7.70. The summed E-state index contributed by atoms with van der Waals surface area (Å²) in [6.45, 7) is 0.726. The minimum atomic E-state index is -4.43. The molecule has 30 heavy (non-hydrogen) atoms. The molecule has 0 spiro atoms. The van der Waals surface area contributed by atoms with Gasteiger partial charge in [0.1, 0.15) is 6.17 Å². The first-order chi connectivity index (χ1) is 14.3. The van der Waals surface area contributed by atoms with Crippen LogP contribution in [0.4, 0.5) is 24.5 Å². The topological polar surface area (TPSA) is 52.7 Å². The minimum absolute atomic E-state index is 0.0234. The first-order valence-corrected chi connectivity index (χ1v) is 9.92. The van der Waals surface area contributed by atoms with Crippen LogP contribution in [0.15, 0.2) is 42.5 Å². The lowest BCUT2D eigenvalue weighted by Crippen LogP contribution is -2.53. The van der Waals surface area contributed by atoms with Gasteiger partial charge in [-0.3, -0.25) is 9.59 Å². The molecule has 0 aliphatic carbocycles. The Morgan fingerprint density at radius 3 is 2.50 bits per heavy atom. The standard InChI is InChI=1S/C22H22F3N3O2/c1-27-18-13-14(20(29)26-16-9-7-15(8-10-16)22(23,24)25)6-11-17(18)21(30)28-12-4-2-3-5-19(27)28/h6-11,13,19H,2-5,12H2,1H3,(H,26,29). The summed E-state index contributed by atoms with van der Waals surface area (Å²) in [6, 6.07) is 9.19. The summed E-state index contributed by atoms with van der Waals surface area (Å²) in [6.07, 6.45) is -0.457. The molecule has 8 heteroatoms. The average molecular weight is 417 g/mol. The third kappa shape index (κ3) is 3.74. The Morgan fingerprint density at radius 2 is 1.80 bits per heavy atom. The Kier molecular flexibility index (Phi) is 5.17. The van der Waals surface area contributed by atoms with Crippen molar-refractivity contribution in [1.82, 2.24) is 4.90 Å². The summed E-state index contributed by atoms with van der Waals surface area (Å²) in [4.78, 5) is 29.5. The Morgan fingerprint density at radius 1 is 1.07 bits per heavy atom. The lowest BCUT2D eigenvalue weighted by molar-refractivity contribution is -0.137. The molecule has 0 aromatic heterocycles. The number of amides is 2. The number of nitrogens with zero attached hydrogens (tertiary/aromatic N) is 2. The van der Waals surface area contributed by atoms with Gasteiger partial charge in [-0.2, -0.15) is 13.2 Å². The third-order valence-corrected chi connectivity index (χ3v) is 5.77. The van der Waals surface area contributed by atoms with E-state index in [0.717, 1.165) is 44.4 Å². The van der Waals surface area contributed by atoms with Crippen molar-refractivity contribution in [2.45, 2.75) is 38.0 Å². The molecule has 2 aromatic rings.